The average molecular weight is 403 g/mol. The summed E-state index contributed by atoms with van der Waals surface area (Å²) in [6.45, 7) is 5.13. The Kier molecular flexibility index (Phi) is 5.19. The summed E-state index contributed by atoms with van der Waals surface area (Å²) in [6, 6.07) is 17.1. The van der Waals surface area contributed by atoms with E-state index < -0.39 is 0 Å². The molecule has 2 N–H and O–H groups in total. The lowest BCUT2D eigenvalue weighted by Gasteiger charge is -2.32. The summed E-state index contributed by atoms with van der Waals surface area (Å²) in [5, 5.41) is 7.43. The first kappa shape index (κ1) is 18.8. The van der Waals surface area contributed by atoms with E-state index in [0.717, 1.165) is 61.4 Å². The highest BCUT2D eigenvalue weighted by Crippen LogP contribution is 2.20. The minimum Gasteiger partial charge on any atom is -0.353 e. The zero-order chi connectivity index (χ0) is 20.3. The molecule has 1 fully saturated rings. The lowest BCUT2D eigenvalue weighted by Crippen LogP contribution is -2.40. The minimum absolute atomic E-state index is 0.471. The normalized spacial score (nSPS) is 15.6. The molecule has 4 aromatic rings. The standard InChI is InChI=1S/C23H26N6O/c1-16-24-22(30-28-16)18-8-6-17(7-9-18)10-13-29-14-11-19(12-15-29)25-23-26-20-4-2-3-5-21(20)27-23/h2-9,19H,10-15H2,1H3,(H2,25,26,27). The van der Waals surface area contributed by atoms with Crippen LogP contribution in [0.2, 0.25) is 0 Å². The van der Waals surface area contributed by atoms with Crippen LogP contribution in [0.25, 0.3) is 22.5 Å². The predicted octanol–water partition coefficient (Wildman–Crippen LogP) is 4.04. The quantitative estimate of drug-likeness (QED) is 0.506. The first-order valence-corrected chi connectivity index (χ1v) is 10.6. The molecule has 30 heavy (non-hydrogen) atoms. The SMILES string of the molecule is Cc1noc(-c2ccc(CCN3CCC(Nc4nc5ccccc5[nH]4)CC3)cc2)n1. The van der Waals surface area contributed by atoms with Crippen molar-refractivity contribution < 1.29 is 4.52 Å². The number of likely N-dealkylation sites (tertiary alicyclic amines) is 1. The molecule has 0 amide bonds. The maximum atomic E-state index is 5.23. The first-order chi connectivity index (χ1) is 14.7. The Balaban J connectivity index is 1.09. The maximum Gasteiger partial charge on any atom is 0.257 e. The van der Waals surface area contributed by atoms with E-state index in [-0.39, 0.29) is 0 Å². The van der Waals surface area contributed by atoms with Crippen LogP contribution < -0.4 is 5.32 Å². The van der Waals surface area contributed by atoms with Crippen LogP contribution in [0.5, 0.6) is 0 Å². The molecule has 1 saturated heterocycles. The van der Waals surface area contributed by atoms with E-state index in [0.29, 0.717) is 17.8 Å². The van der Waals surface area contributed by atoms with E-state index in [2.05, 4.69) is 60.7 Å². The number of aromatic amines is 1. The Morgan fingerprint density at radius 2 is 1.87 bits per heavy atom. The predicted molar refractivity (Wildman–Crippen MR) is 117 cm³/mol. The molecule has 1 aliphatic rings. The van der Waals surface area contributed by atoms with Crippen LogP contribution in [0.15, 0.2) is 53.1 Å². The number of aromatic nitrogens is 4. The number of imidazole rings is 1. The fourth-order valence-electron chi connectivity index (χ4n) is 4.03. The van der Waals surface area contributed by atoms with Crippen LogP contribution in [0.3, 0.4) is 0 Å². The van der Waals surface area contributed by atoms with Gasteiger partial charge in [0.25, 0.3) is 5.89 Å². The number of benzene rings is 2. The lowest BCUT2D eigenvalue weighted by molar-refractivity contribution is 0.221. The number of para-hydroxylation sites is 2. The van der Waals surface area contributed by atoms with Crippen molar-refractivity contribution in [2.24, 2.45) is 0 Å². The smallest absolute Gasteiger partial charge is 0.257 e. The van der Waals surface area contributed by atoms with Crippen LogP contribution in [-0.4, -0.2) is 50.7 Å². The maximum absolute atomic E-state index is 5.23. The van der Waals surface area contributed by atoms with Gasteiger partial charge >= 0.3 is 0 Å². The van der Waals surface area contributed by atoms with Gasteiger partial charge in [0.2, 0.25) is 5.95 Å². The van der Waals surface area contributed by atoms with Crippen LogP contribution >= 0.6 is 0 Å². The van der Waals surface area contributed by atoms with Gasteiger partial charge in [-0.3, -0.25) is 0 Å². The Labute approximate surface area is 175 Å². The molecule has 0 saturated carbocycles. The zero-order valence-electron chi connectivity index (χ0n) is 17.1. The summed E-state index contributed by atoms with van der Waals surface area (Å²) in [4.78, 5) is 14.8. The van der Waals surface area contributed by atoms with Gasteiger partial charge in [-0.1, -0.05) is 29.4 Å². The highest BCUT2D eigenvalue weighted by atomic mass is 16.5. The van der Waals surface area contributed by atoms with Crippen molar-refractivity contribution in [3.05, 3.63) is 59.9 Å². The second-order valence-electron chi connectivity index (χ2n) is 7.96. The monoisotopic (exact) mass is 402 g/mol. The van der Waals surface area contributed by atoms with E-state index in [1.54, 1.807) is 0 Å². The van der Waals surface area contributed by atoms with Crippen molar-refractivity contribution in [1.29, 1.82) is 0 Å². The van der Waals surface area contributed by atoms with Crippen LogP contribution in [0.4, 0.5) is 5.95 Å². The highest BCUT2D eigenvalue weighted by molar-refractivity contribution is 5.77. The third kappa shape index (κ3) is 4.21. The number of rotatable bonds is 6. The minimum atomic E-state index is 0.471. The summed E-state index contributed by atoms with van der Waals surface area (Å²) in [5.41, 5.74) is 4.39. The zero-order valence-corrected chi connectivity index (χ0v) is 17.1. The third-order valence-electron chi connectivity index (χ3n) is 5.76. The lowest BCUT2D eigenvalue weighted by atomic mass is 10.0. The molecule has 154 valence electrons. The first-order valence-electron chi connectivity index (χ1n) is 10.6. The molecule has 0 aliphatic carbocycles. The van der Waals surface area contributed by atoms with Gasteiger partial charge in [0, 0.05) is 31.2 Å². The highest BCUT2D eigenvalue weighted by Gasteiger charge is 2.19. The molecule has 3 heterocycles. The molecule has 2 aromatic carbocycles. The second kappa shape index (κ2) is 8.28. The molecule has 7 nitrogen and oxygen atoms in total. The van der Waals surface area contributed by atoms with Crippen LogP contribution in [-0.2, 0) is 6.42 Å². The summed E-state index contributed by atoms with van der Waals surface area (Å²) in [5.74, 6) is 2.12. The van der Waals surface area contributed by atoms with Gasteiger partial charge in [-0.25, -0.2) is 4.98 Å². The topological polar surface area (TPSA) is 82.9 Å². The molecule has 1 aliphatic heterocycles. The van der Waals surface area contributed by atoms with Crippen molar-refractivity contribution in [2.45, 2.75) is 32.2 Å². The molecule has 5 rings (SSSR count). The second-order valence-corrected chi connectivity index (χ2v) is 7.96. The molecule has 0 bridgehead atoms. The van der Waals surface area contributed by atoms with Crippen molar-refractivity contribution in [1.82, 2.24) is 25.0 Å². The molecular weight excluding hydrogens is 376 g/mol. The third-order valence-corrected chi connectivity index (χ3v) is 5.76. The number of aryl methyl sites for hydroxylation is 1. The summed E-state index contributed by atoms with van der Waals surface area (Å²) < 4.78 is 5.23. The number of hydrogen-bond acceptors (Lipinski definition) is 6. The van der Waals surface area contributed by atoms with E-state index in [1.807, 2.05) is 25.1 Å². The summed E-state index contributed by atoms with van der Waals surface area (Å²) >= 11 is 0. The summed E-state index contributed by atoms with van der Waals surface area (Å²) in [6.07, 6.45) is 3.31. The molecule has 0 spiro atoms. The van der Waals surface area contributed by atoms with Gasteiger partial charge in [-0.05, 0) is 56.0 Å². The van der Waals surface area contributed by atoms with Gasteiger partial charge in [-0.2, -0.15) is 4.98 Å². The Hall–Kier alpha value is -3.19. The van der Waals surface area contributed by atoms with E-state index >= 15 is 0 Å². The number of hydrogen-bond donors (Lipinski definition) is 2. The van der Waals surface area contributed by atoms with Crippen molar-refractivity contribution in [3.63, 3.8) is 0 Å². The molecular formula is C23H26N6O. The molecule has 7 heteroatoms. The number of H-pyrrole nitrogens is 1. The molecule has 0 radical (unpaired) electrons. The molecule has 0 unspecified atom stereocenters. The largest absolute Gasteiger partial charge is 0.353 e. The van der Waals surface area contributed by atoms with E-state index in [4.69, 9.17) is 4.52 Å². The number of piperidine rings is 1. The average Bonchev–Trinajstić information content (AvgIpc) is 3.39. The summed E-state index contributed by atoms with van der Waals surface area (Å²) in [7, 11) is 0. The fraction of sp³-hybridized carbons (Fsp3) is 0.348. The van der Waals surface area contributed by atoms with Gasteiger partial charge in [0.05, 0.1) is 11.0 Å². The van der Waals surface area contributed by atoms with Crippen molar-refractivity contribution in [3.8, 4) is 11.5 Å². The number of fused-ring (bicyclic) bond motifs is 1. The van der Waals surface area contributed by atoms with Crippen LogP contribution in [0, 0.1) is 6.92 Å². The van der Waals surface area contributed by atoms with Crippen LogP contribution in [0.1, 0.15) is 24.2 Å². The molecule has 0 atom stereocenters. The number of nitrogens with one attached hydrogen (secondary N) is 2. The fourth-order valence-corrected chi connectivity index (χ4v) is 4.03. The Bertz CT molecular complexity index is 1080. The van der Waals surface area contributed by atoms with E-state index in [9.17, 15) is 0 Å². The van der Waals surface area contributed by atoms with Gasteiger partial charge < -0.3 is 19.7 Å². The van der Waals surface area contributed by atoms with Gasteiger partial charge in [0.1, 0.15) is 0 Å². The Morgan fingerprint density at radius 3 is 2.60 bits per heavy atom. The van der Waals surface area contributed by atoms with Gasteiger partial charge in [-0.15, -0.1) is 0 Å². The van der Waals surface area contributed by atoms with Crippen molar-refractivity contribution >= 4 is 17.0 Å². The number of anilines is 1. The van der Waals surface area contributed by atoms with Crippen molar-refractivity contribution in [2.75, 3.05) is 25.0 Å². The van der Waals surface area contributed by atoms with E-state index in [1.165, 1.54) is 5.56 Å². The number of nitrogens with zero attached hydrogens (tertiary/aromatic N) is 4. The molecule has 2 aromatic heterocycles. The Morgan fingerprint density at radius 1 is 1.07 bits per heavy atom. The van der Waals surface area contributed by atoms with Gasteiger partial charge in [0.15, 0.2) is 5.82 Å².